The van der Waals surface area contributed by atoms with E-state index in [4.69, 9.17) is 44.3 Å². The summed E-state index contributed by atoms with van der Waals surface area (Å²) in [5, 5.41) is 3.35. The van der Waals surface area contributed by atoms with Crippen LogP contribution in [-0.2, 0) is 16.2 Å². The number of methoxy groups -OCH3 is 1. The summed E-state index contributed by atoms with van der Waals surface area (Å²) in [7, 11) is 1.51. The van der Waals surface area contributed by atoms with Gasteiger partial charge in [-0.1, -0.05) is 46.9 Å². The van der Waals surface area contributed by atoms with Crippen LogP contribution in [0.15, 0.2) is 60.2 Å². The van der Waals surface area contributed by atoms with E-state index >= 15 is 0 Å². The Labute approximate surface area is 222 Å². The molecule has 1 fully saturated rings. The number of barbiturate groups is 1. The summed E-state index contributed by atoms with van der Waals surface area (Å²) in [6.45, 7) is 1.86. The van der Waals surface area contributed by atoms with Gasteiger partial charge in [0.25, 0.3) is 11.8 Å². The molecule has 0 atom stereocenters. The summed E-state index contributed by atoms with van der Waals surface area (Å²) in [6, 6.07) is 14.0. The molecule has 1 aliphatic heterocycles. The lowest BCUT2D eigenvalue weighted by atomic mass is 10.0. The molecule has 1 aliphatic rings. The molecule has 0 saturated carbocycles. The molecule has 184 valence electrons. The number of urea groups is 1. The maximum absolute atomic E-state index is 13.3. The highest BCUT2D eigenvalue weighted by Gasteiger charge is 2.37. The number of halogens is 3. The van der Waals surface area contributed by atoms with E-state index in [1.54, 1.807) is 55.5 Å². The van der Waals surface area contributed by atoms with Crippen LogP contribution in [0.5, 0.6) is 11.5 Å². The van der Waals surface area contributed by atoms with Gasteiger partial charge in [-0.3, -0.25) is 14.9 Å². The van der Waals surface area contributed by atoms with Crippen LogP contribution >= 0.6 is 34.8 Å². The number of imide groups is 2. The van der Waals surface area contributed by atoms with E-state index < -0.39 is 17.8 Å². The average molecular weight is 546 g/mol. The highest BCUT2D eigenvalue weighted by atomic mass is 35.5. The molecular weight excluding hydrogens is 527 g/mol. The zero-order valence-electron chi connectivity index (χ0n) is 19.1. The fraction of sp³-hybridized carbons (Fsp3) is 0.115. The Morgan fingerprint density at radius 2 is 1.72 bits per heavy atom. The first-order chi connectivity index (χ1) is 17.2. The van der Waals surface area contributed by atoms with Gasteiger partial charge >= 0.3 is 6.03 Å². The van der Waals surface area contributed by atoms with Gasteiger partial charge in [-0.15, -0.1) is 0 Å². The second-order valence-corrected chi connectivity index (χ2v) is 9.08. The van der Waals surface area contributed by atoms with Gasteiger partial charge in [-0.05, 0) is 60.5 Å². The molecule has 36 heavy (non-hydrogen) atoms. The number of rotatable bonds is 6. The largest absolute Gasteiger partial charge is 0.497 e. The van der Waals surface area contributed by atoms with E-state index in [1.165, 1.54) is 19.3 Å². The molecule has 0 bridgehead atoms. The van der Waals surface area contributed by atoms with Crippen molar-refractivity contribution in [2.45, 2.75) is 13.5 Å². The number of carbonyl (C=O) groups is 3. The normalized spacial score (nSPS) is 14.8. The quantitative estimate of drug-likeness (QED) is 0.294. The van der Waals surface area contributed by atoms with Gasteiger partial charge in [0.05, 0.1) is 22.8 Å². The maximum atomic E-state index is 13.3. The smallest absolute Gasteiger partial charge is 0.335 e. The molecule has 0 spiro atoms. The van der Waals surface area contributed by atoms with Crippen LogP contribution in [0.25, 0.3) is 6.08 Å². The molecule has 1 saturated heterocycles. The Bertz CT molecular complexity index is 1420. The molecule has 3 aromatic rings. The molecule has 0 unspecified atom stereocenters. The standard InChI is InChI=1S/C26H19Cl3N2O5/c1-14-3-6-17(27)11-22(14)31-25(33)19(24(32)30-26(31)34)10-16-5-7-18(35-2)12-23(16)36-13-15-4-8-20(28)21(29)9-15/h3-12H,13H2,1-2H3,(H,30,32,34)/b19-10+. The van der Waals surface area contributed by atoms with E-state index in [-0.39, 0.29) is 17.9 Å². The van der Waals surface area contributed by atoms with Gasteiger partial charge in [0, 0.05) is 16.7 Å². The predicted octanol–water partition coefficient (Wildman–Crippen LogP) is 6.21. The fourth-order valence-electron chi connectivity index (χ4n) is 3.53. The van der Waals surface area contributed by atoms with Crippen molar-refractivity contribution in [3.8, 4) is 11.5 Å². The minimum atomic E-state index is -0.863. The van der Waals surface area contributed by atoms with Crippen molar-refractivity contribution in [1.29, 1.82) is 0 Å². The van der Waals surface area contributed by atoms with Crippen molar-refractivity contribution in [2.75, 3.05) is 12.0 Å². The highest BCUT2D eigenvalue weighted by molar-refractivity contribution is 6.42. The van der Waals surface area contributed by atoms with Gasteiger partial charge in [-0.25, -0.2) is 9.69 Å². The number of nitrogens with zero attached hydrogens (tertiary/aromatic N) is 1. The summed E-state index contributed by atoms with van der Waals surface area (Å²) < 4.78 is 11.3. The third-order valence-corrected chi connectivity index (χ3v) is 6.39. The number of ether oxygens (including phenoxy) is 2. The Hall–Kier alpha value is -3.52. The number of benzene rings is 3. The zero-order chi connectivity index (χ0) is 26.0. The Morgan fingerprint density at radius 3 is 2.44 bits per heavy atom. The molecule has 1 heterocycles. The van der Waals surface area contributed by atoms with E-state index in [1.807, 2.05) is 0 Å². The van der Waals surface area contributed by atoms with Gasteiger partial charge in [0.1, 0.15) is 23.7 Å². The number of carbonyl (C=O) groups excluding carboxylic acids is 3. The number of aryl methyl sites for hydroxylation is 1. The SMILES string of the molecule is COc1ccc(/C=C2\C(=O)NC(=O)N(c3cc(Cl)ccc3C)C2=O)c(OCc2ccc(Cl)c(Cl)c2)c1. The number of hydrogen-bond donors (Lipinski definition) is 1. The maximum Gasteiger partial charge on any atom is 0.335 e. The molecule has 4 rings (SSSR count). The van der Waals surface area contributed by atoms with Gasteiger partial charge in [0.15, 0.2) is 0 Å². The second-order valence-electron chi connectivity index (χ2n) is 7.83. The minimum Gasteiger partial charge on any atom is -0.497 e. The van der Waals surface area contributed by atoms with Crippen LogP contribution in [0.3, 0.4) is 0 Å². The number of amides is 4. The third kappa shape index (κ3) is 5.33. The molecule has 3 aromatic carbocycles. The molecule has 4 amide bonds. The van der Waals surface area contributed by atoms with E-state index in [2.05, 4.69) is 5.32 Å². The number of nitrogens with one attached hydrogen (secondary N) is 1. The summed E-state index contributed by atoms with van der Waals surface area (Å²) in [6.07, 6.45) is 1.36. The Kier molecular flexibility index (Phi) is 7.54. The first-order valence-corrected chi connectivity index (χ1v) is 11.7. The fourth-order valence-corrected chi connectivity index (χ4v) is 4.02. The first kappa shape index (κ1) is 25.6. The third-order valence-electron chi connectivity index (χ3n) is 5.41. The number of hydrogen-bond acceptors (Lipinski definition) is 5. The number of anilines is 1. The van der Waals surface area contributed by atoms with Gasteiger partial charge in [-0.2, -0.15) is 0 Å². The molecule has 0 aromatic heterocycles. The lowest BCUT2D eigenvalue weighted by Crippen LogP contribution is -2.54. The summed E-state index contributed by atoms with van der Waals surface area (Å²) in [4.78, 5) is 39.5. The summed E-state index contributed by atoms with van der Waals surface area (Å²) in [5.41, 5.74) is 1.83. The topological polar surface area (TPSA) is 84.9 Å². The summed E-state index contributed by atoms with van der Waals surface area (Å²) >= 11 is 18.2. The van der Waals surface area contributed by atoms with Crippen LogP contribution in [0, 0.1) is 6.92 Å². The van der Waals surface area contributed by atoms with Crippen molar-refractivity contribution in [3.63, 3.8) is 0 Å². The molecule has 0 aliphatic carbocycles. The van der Waals surface area contributed by atoms with E-state index in [0.717, 1.165) is 10.5 Å². The minimum absolute atomic E-state index is 0.132. The van der Waals surface area contributed by atoms with Crippen molar-refractivity contribution >= 4 is 64.4 Å². The Morgan fingerprint density at radius 1 is 0.944 bits per heavy atom. The monoisotopic (exact) mass is 544 g/mol. The van der Waals surface area contributed by atoms with Gasteiger partial charge in [0.2, 0.25) is 0 Å². The van der Waals surface area contributed by atoms with E-state index in [9.17, 15) is 14.4 Å². The van der Waals surface area contributed by atoms with Crippen molar-refractivity contribution in [2.24, 2.45) is 0 Å². The zero-order valence-corrected chi connectivity index (χ0v) is 21.4. The molecular formula is C26H19Cl3N2O5. The molecule has 0 radical (unpaired) electrons. The van der Waals surface area contributed by atoms with Crippen molar-refractivity contribution in [3.05, 3.63) is 91.9 Å². The Balaban J connectivity index is 1.70. The van der Waals surface area contributed by atoms with Crippen LogP contribution in [0.2, 0.25) is 15.1 Å². The predicted molar refractivity (Wildman–Crippen MR) is 139 cm³/mol. The van der Waals surface area contributed by atoms with Crippen LogP contribution in [0.4, 0.5) is 10.5 Å². The average Bonchev–Trinajstić information content (AvgIpc) is 2.84. The van der Waals surface area contributed by atoms with E-state index in [0.29, 0.717) is 37.7 Å². The lowest BCUT2D eigenvalue weighted by molar-refractivity contribution is -0.122. The van der Waals surface area contributed by atoms with Crippen LogP contribution in [-0.4, -0.2) is 25.0 Å². The van der Waals surface area contributed by atoms with Crippen LogP contribution in [0.1, 0.15) is 16.7 Å². The lowest BCUT2D eigenvalue weighted by Gasteiger charge is -2.27. The summed E-state index contributed by atoms with van der Waals surface area (Å²) in [5.74, 6) is -0.768. The van der Waals surface area contributed by atoms with Gasteiger partial charge < -0.3 is 9.47 Å². The molecule has 10 heteroatoms. The second kappa shape index (κ2) is 10.6. The molecule has 7 nitrogen and oxygen atoms in total. The molecule has 1 N–H and O–H groups in total. The first-order valence-electron chi connectivity index (χ1n) is 10.6. The highest BCUT2D eigenvalue weighted by Crippen LogP contribution is 2.32. The van der Waals surface area contributed by atoms with Crippen molar-refractivity contribution < 1.29 is 23.9 Å². The van der Waals surface area contributed by atoms with Crippen molar-refractivity contribution in [1.82, 2.24) is 5.32 Å². The van der Waals surface area contributed by atoms with Crippen LogP contribution < -0.4 is 19.7 Å².